The summed E-state index contributed by atoms with van der Waals surface area (Å²) in [5, 5.41) is 4.48. The molecule has 1 aliphatic heterocycles. The van der Waals surface area contributed by atoms with E-state index in [4.69, 9.17) is 5.73 Å². The van der Waals surface area contributed by atoms with Gasteiger partial charge in [-0.05, 0) is 17.7 Å². The molecule has 0 saturated carbocycles. The molecule has 130 valence electrons. The summed E-state index contributed by atoms with van der Waals surface area (Å²) in [6.45, 7) is 2.82. The fraction of sp³-hybridized carbons (Fsp3) is 0.250. The highest BCUT2D eigenvalue weighted by molar-refractivity contribution is 5.85. The van der Waals surface area contributed by atoms with E-state index in [1.165, 1.54) is 11.1 Å². The molecule has 2 N–H and O–H groups in total. The lowest BCUT2D eigenvalue weighted by molar-refractivity contribution is 0.324. The number of benzene rings is 2. The molecule has 0 spiro atoms. The highest BCUT2D eigenvalue weighted by atomic mass is 35.5. The van der Waals surface area contributed by atoms with Gasteiger partial charge in [0.05, 0.1) is 11.9 Å². The predicted octanol–water partition coefficient (Wildman–Crippen LogP) is 3.22. The molecular weight excluding hydrogens is 332 g/mol. The van der Waals surface area contributed by atoms with E-state index in [1.54, 1.807) is 0 Å². The molecule has 0 amide bonds. The molecular formula is C20H23ClN4. The average molecular weight is 355 g/mol. The van der Waals surface area contributed by atoms with Gasteiger partial charge in [0.1, 0.15) is 0 Å². The summed E-state index contributed by atoms with van der Waals surface area (Å²) >= 11 is 0. The lowest BCUT2D eigenvalue weighted by atomic mass is 9.95. The quantitative estimate of drug-likeness (QED) is 0.782. The Hall–Kier alpha value is -2.14. The molecule has 0 aliphatic carbocycles. The van der Waals surface area contributed by atoms with Crippen LogP contribution in [-0.2, 0) is 6.54 Å². The third kappa shape index (κ3) is 3.93. The maximum absolute atomic E-state index is 6.39. The van der Waals surface area contributed by atoms with Gasteiger partial charge in [-0.15, -0.1) is 12.4 Å². The molecule has 4 rings (SSSR count). The Labute approximate surface area is 154 Å². The second-order valence-corrected chi connectivity index (χ2v) is 6.50. The van der Waals surface area contributed by atoms with E-state index in [0.717, 1.165) is 25.3 Å². The van der Waals surface area contributed by atoms with Crippen molar-refractivity contribution in [3.8, 4) is 5.69 Å². The Morgan fingerprint density at radius 3 is 2.36 bits per heavy atom. The normalized spacial score (nSPS) is 20.4. The van der Waals surface area contributed by atoms with Crippen LogP contribution in [0.15, 0.2) is 73.1 Å². The Morgan fingerprint density at radius 1 is 0.960 bits per heavy atom. The van der Waals surface area contributed by atoms with Gasteiger partial charge in [0, 0.05) is 43.4 Å². The monoisotopic (exact) mass is 354 g/mol. The topological polar surface area (TPSA) is 47.1 Å². The van der Waals surface area contributed by atoms with E-state index in [-0.39, 0.29) is 18.4 Å². The molecule has 5 heteroatoms. The van der Waals surface area contributed by atoms with Crippen molar-refractivity contribution in [2.24, 2.45) is 5.73 Å². The molecule has 1 saturated heterocycles. The summed E-state index contributed by atoms with van der Waals surface area (Å²) in [4.78, 5) is 2.43. The Balaban J connectivity index is 0.00000182. The van der Waals surface area contributed by atoms with Crippen LogP contribution in [0.3, 0.4) is 0 Å². The zero-order valence-electron chi connectivity index (χ0n) is 14.0. The predicted molar refractivity (Wildman–Crippen MR) is 103 cm³/mol. The Kier molecular flexibility index (Phi) is 5.53. The van der Waals surface area contributed by atoms with E-state index in [9.17, 15) is 0 Å². The van der Waals surface area contributed by atoms with Crippen LogP contribution in [0.25, 0.3) is 5.69 Å². The smallest absolute Gasteiger partial charge is 0.0645 e. The standard InChI is InChI=1S/C20H22N4.ClH/c21-20-15-23(14-19(20)17-7-3-1-4-8-17)12-16-11-22-24(13-16)18-9-5-2-6-10-18;/h1-11,13,19-20H,12,14-15,21H2;1H/t19-,20+;/m0./s1. The molecule has 4 nitrogen and oxygen atoms in total. The minimum Gasteiger partial charge on any atom is -0.326 e. The van der Waals surface area contributed by atoms with Crippen LogP contribution in [0.2, 0.25) is 0 Å². The van der Waals surface area contributed by atoms with Crippen molar-refractivity contribution < 1.29 is 0 Å². The average Bonchev–Trinajstić information content (AvgIpc) is 3.23. The minimum absolute atomic E-state index is 0. The van der Waals surface area contributed by atoms with Gasteiger partial charge in [0.15, 0.2) is 0 Å². The number of nitrogens with zero attached hydrogens (tertiary/aromatic N) is 3. The summed E-state index contributed by atoms with van der Waals surface area (Å²) in [5.41, 5.74) is 10.0. The van der Waals surface area contributed by atoms with Crippen molar-refractivity contribution in [1.82, 2.24) is 14.7 Å². The van der Waals surface area contributed by atoms with Crippen molar-refractivity contribution in [2.75, 3.05) is 13.1 Å². The lowest BCUT2D eigenvalue weighted by Crippen LogP contribution is -2.28. The van der Waals surface area contributed by atoms with E-state index in [0.29, 0.717) is 5.92 Å². The lowest BCUT2D eigenvalue weighted by Gasteiger charge is -2.15. The van der Waals surface area contributed by atoms with Gasteiger partial charge in [-0.25, -0.2) is 4.68 Å². The second-order valence-electron chi connectivity index (χ2n) is 6.50. The molecule has 2 aromatic carbocycles. The first-order valence-corrected chi connectivity index (χ1v) is 8.41. The summed E-state index contributed by atoms with van der Waals surface area (Å²) < 4.78 is 1.93. The van der Waals surface area contributed by atoms with Crippen LogP contribution in [-0.4, -0.2) is 33.8 Å². The third-order valence-corrected chi connectivity index (χ3v) is 4.73. The number of halogens is 1. The van der Waals surface area contributed by atoms with Crippen LogP contribution in [0.5, 0.6) is 0 Å². The molecule has 1 aromatic heterocycles. The zero-order valence-corrected chi connectivity index (χ0v) is 14.8. The summed E-state index contributed by atoms with van der Waals surface area (Å²) in [7, 11) is 0. The highest BCUT2D eigenvalue weighted by Gasteiger charge is 2.31. The molecule has 1 aliphatic rings. The summed E-state index contributed by atoms with van der Waals surface area (Å²) in [5.74, 6) is 0.412. The molecule has 0 bridgehead atoms. The number of hydrogen-bond acceptors (Lipinski definition) is 3. The number of para-hydroxylation sites is 1. The van der Waals surface area contributed by atoms with Crippen LogP contribution in [0.4, 0.5) is 0 Å². The second kappa shape index (κ2) is 7.83. The van der Waals surface area contributed by atoms with E-state index < -0.39 is 0 Å². The van der Waals surface area contributed by atoms with Crippen LogP contribution >= 0.6 is 12.4 Å². The number of rotatable bonds is 4. The zero-order chi connectivity index (χ0) is 16.4. The van der Waals surface area contributed by atoms with Crippen LogP contribution in [0, 0.1) is 0 Å². The molecule has 0 unspecified atom stereocenters. The first-order valence-electron chi connectivity index (χ1n) is 8.41. The van der Waals surface area contributed by atoms with Crippen molar-refractivity contribution in [3.63, 3.8) is 0 Å². The summed E-state index contributed by atoms with van der Waals surface area (Å²) in [6, 6.07) is 21.0. The minimum atomic E-state index is 0. The van der Waals surface area contributed by atoms with Gasteiger partial charge in [-0.2, -0.15) is 5.10 Å². The SMILES string of the molecule is Cl.N[C@@H]1CN(Cc2cnn(-c3ccccc3)c2)C[C@H]1c1ccccc1. The first kappa shape index (κ1) is 17.7. The Bertz CT molecular complexity index is 788. The van der Waals surface area contributed by atoms with Gasteiger partial charge in [-0.1, -0.05) is 48.5 Å². The fourth-order valence-electron chi connectivity index (χ4n) is 3.52. The molecule has 0 radical (unpaired) electrons. The van der Waals surface area contributed by atoms with Crippen molar-refractivity contribution in [1.29, 1.82) is 0 Å². The van der Waals surface area contributed by atoms with Crippen molar-refractivity contribution in [3.05, 3.63) is 84.2 Å². The van der Waals surface area contributed by atoms with Crippen molar-refractivity contribution >= 4 is 12.4 Å². The number of likely N-dealkylation sites (tertiary alicyclic amines) is 1. The van der Waals surface area contributed by atoms with Gasteiger partial charge in [0.2, 0.25) is 0 Å². The third-order valence-electron chi connectivity index (χ3n) is 4.73. The van der Waals surface area contributed by atoms with Gasteiger partial charge >= 0.3 is 0 Å². The summed E-state index contributed by atoms with van der Waals surface area (Å²) in [6.07, 6.45) is 4.06. The van der Waals surface area contributed by atoms with E-state index in [1.807, 2.05) is 29.1 Å². The largest absolute Gasteiger partial charge is 0.326 e. The first-order chi connectivity index (χ1) is 11.8. The number of nitrogens with two attached hydrogens (primary N) is 1. The van der Waals surface area contributed by atoms with Crippen LogP contribution < -0.4 is 5.73 Å². The van der Waals surface area contributed by atoms with Gasteiger partial charge in [-0.3, -0.25) is 4.90 Å². The maximum atomic E-state index is 6.39. The molecule has 25 heavy (non-hydrogen) atoms. The maximum Gasteiger partial charge on any atom is 0.0645 e. The molecule has 2 atom stereocenters. The fourth-order valence-corrected chi connectivity index (χ4v) is 3.52. The Morgan fingerprint density at radius 2 is 1.64 bits per heavy atom. The van der Waals surface area contributed by atoms with Crippen molar-refractivity contribution in [2.45, 2.75) is 18.5 Å². The number of hydrogen-bond donors (Lipinski definition) is 1. The van der Waals surface area contributed by atoms with Crippen LogP contribution in [0.1, 0.15) is 17.0 Å². The van der Waals surface area contributed by atoms with Gasteiger partial charge in [0.25, 0.3) is 0 Å². The molecule has 3 aromatic rings. The van der Waals surface area contributed by atoms with E-state index in [2.05, 4.69) is 58.7 Å². The highest BCUT2D eigenvalue weighted by Crippen LogP contribution is 2.27. The van der Waals surface area contributed by atoms with Gasteiger partial charge < -0.3 is 5.73 Å². The molecule has 1 fully saturated rings. The number of aromatic nitrogens is 2. The van der Waals surface area contributed by atoms with E-state index >= 15 is 0 Å². The molecule has 2 heterocycles.